The van der Waals surface area contributed by atoms with Gasteiger partial charge >= 0.3 is 11.7 Å². The zero-order chi connectivity index (χ0) is 17.7. The van der Waals surface area contributed by atoms with Crippen LogP contribution in [-0.2, 0) is 19.8 Å². The smallest absolute Gasteiger partial charge is 0.363 e. The molecule has 1 fully saturated rings. The lowest BCUT2D eigenvalue weighted by molar-refractivity contribution is -0.385. The summed E-state index contributed by atoms with van der Waals surface area (Å²) in [5, 5.41) is 12.7. The molecule has 0 amide bonds. The Bertz CT molecular complexity index is 605. The fraction of sp³-hybridized carbons (Fsp3) is 0.562. The molecule has 8 heteroatoms. The molecule has 0 unspecified atom stereocenters. The Labute approximate surface area is 140 Å². The van der Waals surface area contributed by atoms with Gasteiger partial charge in [0.2, 0.25) is 0 Å². The predicted molar refractivity (Wildman–Crippen MR) is 85.8 cm³/mol. The van der Waals surface area contributed by atoms with Gasteiger partial charge in [0.05, 0.1) is 31.2 Å². The van der Waals surface area contributed by atoms with Crippen molar-refractivity contribution in [1.82, 2.24) is 5.06 Å². The van der Waals surface area contributed by atoms with Crippen LogP contribution in [0.5, 0.6) is 5.75 Å². The van der Waals surface area contributed by atoms with E-state index in [1.165, 1.54) is 17.2 Å². The molecule has 0 bridgehead atoms. The molecule has 1 saturated heterocycles. The number of ether oxygens (including phenoxy) is 2. The molecule has 2 rings (SSSR count). The number of carbonyl (C=O) groups is 1. The average molecular weight is 338 g/mol. The zero-order valence-corrected chi connectivity index (χ0v) is 14.1. The van der Waals surface area contributed by atoms with Crippen molar-refractivity contribution in [3.63, 3.8) is 0 Å². The number of nitro benzene ring substituents is 1. The van der Waals surface area contributed by atoms with E-state index in [0.717, 1.165) is 5.56 Å². The highest BCUT2D eigenvalue weighted by Gasteiger charge is 2.23. The lowest BCUT2D eigenvalue weighted by Crippen LogP contribution is -2.39. The van der Waals surface area contributed by atoms with Crippen LogP contribution in [0.2, 0.25) is 0 Å². The van der Waals surface area contributed by atoms with E-state index in [2.05, 4.69) is 0 Å². The van der Waals surface area contributed by atoms with E-state index in [0.29, 0.717) is 26.3 Å². The van der Waals surface area contributed by atoms with Gasteiger partial charge in [-0.2, -0.15) is 0 Å². The van der Waals surface area contributed by atoms with Crippen molar-refractivity contribution in [2.75, 3.05) is 32.9 Å². The minimum absolute atomic E-state index is 0.0481. The molecule has 132 valence electrons. The highest BCUT2D eigenvalue weighted by molar-refractivity contribution is 5.71. The van der Waals surface area contributed by atoms with E-state index < -0.39 is 17.5 Å². The van der Waals surface area contributed by atoms with Gasteiger partial charge in [-0.15, -0.1) is 5.06 Å². The molecule has 8 nitrogen and oxygen atoms in total. The summed E-state index contributed by atoms with van der Waals surface area (Å²) in [6.07, 6.45) is 0. The van der Waals surface area contributed by atoms with Crippen molar-refractivity contribution in [2.45, 2.75) is 26.2 Å². The Kier molecular flexibility index (Phi) is 5.74. The maximum atomic E-state index is 11.8. The molecule has 0 aromatic heterocycles. The third-order valence-electron chi connectivity index (χ3n) is 3.57. The van der Waals surface area contributed by atoms with E-state index >= 15 is 0 Å². The van der Waals surface area contributed by atoms with Crippen LogP contribution < -0.4 is 4.74 Å². The van der Waals surface area contributed by atoms with Crippen LogP contribution >= 0.6 is 0 Å². The zero-order valence-electron chi connectivity index (χ0n) is 14.1. The van der Waals surface area contributed by atoms with Crippen molar-refractivity contribution in [3.8, 4) is 5.75 Å². The molecule has 24 heavy (non-hydrogen) atoms. The molecular weight excluding hydrogens is 316 g/mol. The highest BCUT2D eigenvalue weighted by Crippen LogP contribution is 2.32. The molecule has 0 atom stereocenters. The summed E-state index contributed by atoms with van der Waals surface area (Å²) in [6.45, 7) is 7.47. The number of benzene rings is 1. The van der Waals surface area contributed by atoms with Gasteiger partial charge < -0.3 is 14.3 Å². The topological polar surface area (TPSA) is 91.1 Å². The van der Waals surface area contributed by atoms with E-state index in [4.69, 9.17) is 14.3 Å². The van der Waals surface area contributed by atoms with Crippen molar-refractivity contribution in [3.05, 3.63) is 33.9 Å². The normalized spacial score (nSPS) is 15.8. The molecular formula is C16H22N2O6. The number of hydrogen-bond acceptors (Lipinski definition) is 7. The van der Waals surface area contributed by atoms with Crippen LogP contribution in [0.1, 0.15) is 26.3 Å². The summed E-state index contributed by atoms with van der Waals surface area (Å²) < 4.78 is 10.4. The maximum Gasteiger partial charge on any atom is 0.363 e. The van der Waals surface area contributed by atoms with Gasteiger partial charge in [0.15, 0.2) is 12.4 Å². The van der Waals surface area contributed by atoms with Crippen LogP contribution in [-0.4, -0.2) is 48.9 Å². The average Bonchev–Trinajstić information content (AvgIpc) is 2.52. The molecule has 1 aromatic rings. The van der Waals surface area contributed by atoms with Crippen molar-refractivity contribution < 1.29 is 24.0 Å². The van der Waals surface area contributed by atoms with Crippen LogP contribution in [0.25, 0.3) is 0 Å². The molecule has 1 aromatic carbocycles. The standard InChI is InChI=1S/C16H22N2O6/c1-16(2,3)12-4-5-14(13(10-12)18(20)21)23-11-15(19)24-17-6-8-22-9-7-17/h4-5,10H,6-9,11H2,1-3H3. The van der Waals surface area contributed by atoms with Gasteiger partial charge in [-0.3, -0.25) is 10.1 Å². The van der Waals surface area contributed by atoms with Gasteiger partial charge in [0.1, 0.15) is 0 Å². The number of nitro groups is 1. The second kappa shape index (κ2) is 7.59. The fourth-order valence-corrected chi connectivity index (χ4v) is 2.19. The summed E-state index contributed by atoms with van der Waals surface area (Å²) in [4.78, 5) is 27.6. The summed E-state index contributed by atoms with van der Waals surface area (Å²) in [6, 6.07) is 4.75. The van der Waals surface area contributed by atoms with Gasteiger partial charge in [-0.25, -0.2) is 4.79 Å². The number of morpholine rings is 1. The van der Waals surface area contributed by atoms with Gasteiger partial charge in [0, 0.05) is 6.07 Å². The largest absolute Gasteiger partial charge is 0.475 e. The summed E-state index contributed by atoms with van der Waals surface area (Å²) >= 11 is 0. The fourth-order valence-electron chi connectivity index (χ4n) is 2.19. The van der Waals surface area contributed by atoms with Crippen LogP contribution in [0.3, 0.4) is 0 Å². The summed E-state index contributed by atoms with van der Waals surface area (Å²) in [5.74, 6) is -0.557. The second-order valence-corrected chi connectivity index (χ2v) is 6.48. The lowest BCUT2D eigenvalue weighted by Gasteiger charge is -2.24. The first-order valence-corrected chi connectivity index (χ1v) is 7.72. The molecule has 0 aliphatic carbocycles. The Morgan fingerprint density at radius 2 is 2.00 bits per heavy atom. The minimum Gasteiger partial charge on any atom is -0.475 e. The molecule has 1 aliphatic rings. The van der Waals surface area contributed by atoms with E-state index in [1.54, 1.807) is 6.07 Å². The Morgan fingerprint density at radius 3 is 2.58 bits per heavy atom. The van der Waals surface area contributed by atoms with Gasteiger partial charge in [-0.1, -0.05) is 26.8 Å². The quantitative estimate of drug-likeness (QED) is 0.599. The number of carbonyl (C=O) groups excluding carboxylic acids is 1. The first-order valence-electron chi connectivity index (χ1n) is 7.72. The molecule has 0 radical (unpaired) electrons. The molecule has 0 spiro atoms. The number of rotatable bonds is 5. The SMILES string of the molecule is CC(C)(C)c1ccc(OCC(=O)ON2CCOCC2)c([N+](=O)[O-])c1. The van der Waals surface area contributed by atoms with Crippen molar-refractivity contribution in [2.24, 2.45) is 0 Å². The monoisotopic (exact) mass is 338 g/mol. The van der Waals surface area contributed by atoms with Crippen LogP contribution in [0.4, 0.5) is 5.69 Å². The first-order chi connectivity index (χ1) is 11.3. The maximum absolute atomic E-state index is 11.8. The number of hydrogen-bond donors (Lipinski definition) is 0. The number of nitrogens with zero attached hydrogens (tertiary/aromatic N) is 2. The highest BCUT2D eigenvalue weighted by atomic mass is 16.7. The Hall–Kier alpha value is -2.19. The Morgan fingerprint density at radius 1 is 1.33 bits per heavy atom. The molecule has 1 aliphatic heterocycles. The summed E-state index contributed by atoms with van der Waals surface area (Å²) in [5.41, 5.74) is 0.428. The molecule has 0 saturated carbocycles. The third kappa shape index (κ3) is 4.90. The molecule has 1 heterocycles. The Balaban J connectivity index is 2.00. The minimum atomic E-state index is -0.605. The van der Waals surface area contributed by atoms with E-state index in [-0.39, 0.29) is 16.9 Å². The lowest BCUT2D eigenvalue weighted by atomic mass is 9.87. The van der Waals surface area contributed by atoms with Crippen LogP contribution in [0, 0.1) is 10.1 Å². The third-order valence-corrected chi connectivity index (χ3v) is 3.57. The van der Waals surface area contributed by atoms with Gasteiger partial charge in [0.25, 0.3) is 0 Å². The van der Waals surface area contributed by atoms with E-state index in [1.807, 2.05) is 20.8 Å². The predicted octanol–water partition coefficient (Wildman–Crippen LogP) is 2.06. The summed E-state index contributed by atoms with van der Waals surface area (Å²) in [7, 11) is 0. The van der Waals surface area contributed by atoms with Crippen molar-refractivity contribution in [1.29, 1.82) is 0 Å². The first kappa shape index (κ1) is 18.2. The second-order valence-electron chi connectivity index (χ2n) is 6.48. The van der Waals surface area contributed by atoms with Gasteiger partial charge in [-0.05, 0) is 17.0 Å². The van der Waals surface area contributed by atoms with Crippen molar-refractivity contribution >= 4 is 11.7 Å². The molecule has 0 N–H and O–H groups in total. The van der Waals surface area contributed by atoms with E-state index in [9.17, 15) is 14.9 Å². The van der Waals surface area contributed by atoms with Crippen LogP contribution in [0.15, 0.2) is 18.2 Å². The number of hydroxylamine groups is 2.